The fourth-order valence-corrected chi connectivity index (χ4v) is 2.47. The van der Waals surface area contributed by atoms with E-state index in [1.165, 1.54) is 4.80 Å². The van der Waals surface area contributed by atoms with Crippen LogP contribution in [0.2, 0.25) is 0 Å². The average Bonchev–Trinajstić information content (AvgIpc) is 3.04. The minimum Gasteiger partial charge on any atom is -0.497 e. The Hall–Kier alpha value is -2.41. The van der Waals surface area contributed by atoms with Gasteiger partial charge in [-0.05, 0) is 41.6 Å². The van der Waals surface area contributed by atoms with E-state index in [-0.39, 0.29) is 0 Å². The molecule has 3 rings (SSSR count). The molecule has 1 heterocycles. The smallest absolute Gasteiger partial charge is 0.206 e. The minimum absolute atomic E-state index is 0.456. The lowest BCUT2D eigenvalue weighted by atomic mass is 10.2. The summed E-state index contributed by atoms with van der Waals surface area (Å²) in [6, 6.07) is 15.2. The Morgan fingerprint density at radius 2 is 1.78 bits per heavy atom. The van der Waals surface area contributed by atoms with Crippen molar-refractivity contribution in [3.05, 3.63) is 53.0 Å². The van der Waals surface area contributed by atoms with Crippen LogP contribution in [0, 0.1) is 0 Å². The Balaban J connectivity index is 1.58. The fraction of sp³-hybridized carbons (Fsp3) is 0.188. The molecule has 6 nitrogen and oxygen atoms in total. The lowest BCUT2D eigenvalue weighted by molar-refractivity contribution is 0.280. The molecule has 118 valence electrons. The maximum absolute atomic E-state index is 5.65. The fourth-order valence-electron chi connectivity index (χ4n) is 2.01. The summed E-state index contributed by atoms with van der Waals surface area (Å²) in [5.41, 5.74) is 0.912. The first-order chi connectivity index (χ1) is 11.3. The van der Waals surface area contributed by atoms with Crippen LogP contribution >= 0.6 is 15.9 Å². The number of benzene rings is 2. The number of hydrogen-bond acceptors (Lipinski definition) is 5. The highest BCUT2D eigenvalue weighted by molar-refractivity contribution is 9.10. The van der Waals surface area contributed by atoms with Gasteiger partial charge in [0, 0.05) is 10.0 Å². The van der Waals surface area contributed by atoms with E-state index in [0.717, 1.165) is 21.5 Å². The van der Waals surface area contributed by atoms with Gasteiger partial charge in [0.05, 0.1) is 13.7 Å². The average molecular weight is 375 g/mol. The second kappa shape index (κ2) is 7.23. The van der Waals surface area contributed by atoms with Gasteiger partial charge in [-0.3, -0.25) is 0 Å². The standard InChI is InChI=1S/C16H15BrN4O2/c1-22-12-6-8-13(9-7-12)23-11-10-21-19-16(18-20-21)14-4-2-3-5-15(14)17/h2-9H,10-11H2,1H3. The zero-order chi connectivity index (χ0) is 16.1. The van der Waals surface area contributed by atoms with Crippen molar-refractivity contribution in [2.45, 2.75) is 6.54 Å². The molecule has 0 aliphatic heterocycles. The van der Waals surface area contributed by atoms with Crippen LogP contribution in [0.1, 0.15) is 0 Å². The van der Waals surface area contributed by atoms with Gasteiger partial charge in [0.25, 0.3) is 0 Å². The monoisotopic (exact) mass is 374 g/mol. The van der Waals surface area contributed by atoms with E-state index in [4.69, 9.17) is 9.47 Å². The van der Waals surface area contributed by atoms with E-state index in [9.17, 15) is 0 Å². The molecule has 0 atom stereocenters. The molecule has 0 saturated carbocycles. The van der Waals surface area contributed by atoms with Gasteiger partial charge in [-0.25, -0.2) is 0 Å². The molecule has 0 aliphatic rings. The summed E-state index contributed by atoms with van der Waals surface area (Å²) in [6.45, 7) is 0.974. The first-order valence-electron chi connectivity index (χ1n) is 7.06. The molecule has 1 aromatic heterocycles. The van der Waals surface area contributed by atoms with Crippen molar-refractivity contribution < 1.29 is 9.47 Å². The molecule has 0 amide bonds. The van der Waals surface area contributed by atoms with Gasteiger partial charge in [-0.15, -0.1) is 10.2 Å². The van der Waals surface area contributed by atoms with Crippen molar-refractivity contribution in [2.75, 3.05) is 13.7 Å². The number of halogens is 1. The van der Waals surface area contributed by atoms with Gasteiger partial charge in [0.15, 0.2) is 0 Å². The first kappa shape index (κ1) is 15.5. The van der Waals surface area contributed by atoms with Crippen LogP contribution in [0.15, 0.2) is 53.0 Å². The number of methoxy groups -OCH3 is 1. The summed E-state index contributed by atoms with van der Waals surface area (Å²) >= 11 is 3.49. The highest BCUT2D eigenvalue weighted by atomic mass is 79.9. The second-order valence-corrected chi connectivity index (χ2v) is 5.57. The maximum Gasteiger partial charge on any atom is 0.206 e. The van der Waals surface area contributed by atoms with E-state index in [2.05, 4.69) is 31.3 Å². The number of aromatic nitrogens is 4. The van der Waals surface area contributed by atoms with E-state index < -0.39 is 0 Å². The molecule has 0 radical (unpaired) electrons. The van der Waals surface area contributed by atoms with E-state index >= 15 is 0 Å². The summed E-state index contributed by atoms with van der Waals surface area (Å²) < 4.78 is 11.7. The number of rotatable bonds is 6. The summed E-state index contributed by atoms with van der Waals surface area (Å²) in [4.78, 5) is 1.53. The largest absolute Gasteiger partial charge is 0.497 e. The van der Waals surface area contributed by atoms with Crippen molar-refractivity contribution in [1.82, 2.24) is 20.2 Å². The Morgan fingerprint density at radius 3 is 2.52 bits per heavy atom. The van der Waals surface area contributed by atoms with Crippen LogP contribution < -0.4 is 9.47 Å². The van der Waals surface area contributed by atoms with Gasteiger partial charge in [0.1, 0.15) is 18.1 Å². The number of tetrazole rings is 1. The summed E-state index contributed by atoms with van der Waals surface area (Å²) in [5.74, 6) is 2.16. The predicted molar refractivity (Wildman–Crippen MR) is 89.4 cm³/mol. The SMILES string of the molecule is COc1ccc(OCCn2nnc(-c3ccccc3Br)n2)cc1. The topological polar surface area (TPSA) is 62.1 Å². The van der Waals surface area contributed by atoms with Crippen molar-refractivity contribution in [3.63, 3.8) is 0 Å². The third-order valence-electron chi connectivity index (χ3n) is 3.19. The van der Waals surface area contributed by atoms with Crippen LogP contribution in [0.5, 0.6) is 11.5 Å². The first-order valence-corrected chi connectivity index (χ1v) is 7.85. The maximum atomic E-state index is 5.65. The highest BCUT2D eigenvalue weighted by Gasteiger charge is 2.08. The van der Waals surface area contributed by atoms with Crippen LogP contribution in [-0.2, 0) is 6.54 Å². The molecular weight excluding hydrogens is 360 g/mol. The Labute approximate surface area is 142 Å². The molecule has 0 bridgehead atoms. The van der Waals surface area contributed by atoms with Gasteiger partial charge in [-0.2, -0.15) is 4.80 Å². The quantitative estimate of drug-likeness (QED) is 0.662. The molecule has 2 aromatic carbocycles. The van der Waals surface area contributed by atoms with Gasteiger partial charge < -0.3 is 9.47 Å². The summed E-state index contributed by atoms with van der Waals surface area (Å²) in [5, 5.41) is 12.5. The zero-order valence-electron chi connectivity index (χ0n) is 12.5. The van der Waals surface area contributed by atoms with Crippen LogP contribution in [-0.4, -0.2) is 33.9 Å². The lowest BCUT2D eigenvalue weighted by Gasteiger charge is -2.06. The molecule has 0 N–H and O–H groups in total. The zero-order valence-corrected chi connectivity index (χ0v) is 14.1. The van der Waals surface area contributed by atoms with Gasteiger partial charge >= 0.3 is 0 Å². The van der Waals surface area contributed by atoms with Gasteiger partial charge in [-0.1, -0.05) is 28.1 Å². The summed E-state index contributed by atoms with van der Waals surface area (Å²) in [6.07, 6.45) is 0. The van der Waals surface area contributed by atoms with Crippen molar-refractivity contribution in [2.24, 2.45) is 0 Å². The highest BCUT2D eigenvalue weighted by Crippen LogP contribution is 2.24. The molecular formula is C16H15BrN4O2. The van der Waals surface area contributed by atoms with Crippen molar-refractivity contribution in [3.8, 4) is 22.9 Å². The molecule has 7 heteroatoms. The molecule has 23 heavy (non-hydrogen) atoms. The number of ether oxygens (including phenoxy) is 2. The third-order valence-corrected chi connectivity index (χ3v) is 3.88. The molecule has 3 aromatic rings. The number of hydrogen-bond donors (Lipinski definition) is 0. The molecule has 0 saturated heterocycles. The molecule has 0 unspecified atom stereocenters. The van der Waals surface area contributed by atoms with Gasteiger partial charge in [0.2, 0.25) is 5.82 Å². The lowest BCUT2D eigenvalue weighted by Crippen LogP contribution is -2.11. The van der Waals surface area contributed by atoms with Crippen LogP contribution in [0.3, 0.4) is 0 Å². The molecule has 0 spiro atoms. The van der Waals surface area contributed by atoms with Crippen molar-refractivity contribution in [1.29, 1.82) is 0 Å². The van der Waals surface area contributed by atoms with Crippen LogP contribution in [0.4, 0.5) is 0 Å². The minimum atomic E-state index is 0.456. The number of nitrogens with zero attached hydrogens (tertiary/aromatic N) is 4. The van der Waals surface area contributed by atoms with Crippen molar-refractivity contribution >= 4 is 15.9 Å². The van der Waals surface area contributed by atoms with Crippen LogP contribution in [0.25, 0.3) is 11.4 Å². The predicted octanol–water partition coefficient (Wildman–Crippen LogP) is 3.19. The Bertz CT molecular complexity index is 774. The summed E-state index contributed by atoms with van der Waals surface area (Å²) in [7, 11) is 1.63. The Kier molecular flexibility index (Phi) is 4.87. The second-order valence-electron chi connectivity index (χ2n) is 4.71. The third kappa shape index (κ3) is 3.87. The molecule has 0 fully saturated rings. The Morgan fingerprint density at radius 1 is 1.04 bits per heavy atom. The van der Waals surface area contributed by atoms with E-state index in [1.54, 1.807) is 7.11 Å². The van der Waals surface area contributed by atoms with E-state index in [1.807, 2.05) is 48.5 Å². The van der Waals surface area contributed by atoms with E-state index in [0.29, 0.717) is 19.0 Å². The normalized spacial score (nSPS) is 10.5. The molecule has 0 aliphatic carbocycles.